The standard InChI is InChI=1S/C18H17N3O2S/c1-12-15-3-2-13(14-9-19-11-20-10-14)8-16(15)24-17(12)18(22)21-4-6-23-7-5-21/h2-3,8-11H,4-7H2,1H3. The summed E-state index contributed by atoms with van der Waals surface area (Å²) in [7, 11) is 0. The predicted octanol–water partition coefficient (Wildman–Crippen LogP) is 3.14. The van der Waals surface area contributed by atoms with E-state index in [0.29, 0.717) is 26.3 Å². The summed E-state index contributed by atoms with van der Waals surface area (Å²) in [5, 5.41) is 1.14. The molecule has 1 amide bonds. The summed E-state index contributed by atoms with van der Waals surface area (Å²) in [6.45, 7) is 4.59. The molecule has 4 rings (SSSR count). The maximum atomic E-state index is 12.8. The fourth-order valence-corrected chi connectivity index (χ4v) is 4.18. The number of nitrogens with zero attached hydrogens (tertiary/aromatic N) is 3. The number of aromatic nitrogens is 2. The zero-order chi connectivity index (χ0) is 16.5. The van der Waals surface area contributed by atoms with Crippen LogP contribution >= 0.6 is 11.3 Å². The van der Waals surface area contributed by atoms with Crippen LogP contribution in [0.25, 0.3) is 21.2 Å². The summed E-state index contributed by atoms with van der Waals surface area (Å²) in [6, 6.07) is 6.26. The Bertz CT molecular complexity index is 886. The Hall–Kier alpha value is -2.31. The van der Waals surface area contributed by atoms with Gasteiger partial charge >= 0.3 is 0 Å². The van der Waals surface area contributed by atoms with Crippen LogP contribution in [-0.2, 0) is 4.74 Å². The molecule has 5 nitrogen and oxygen atoms in total. The number of ether oxygens (including phenoxy) is 1. The fourth-order valence-electron chi connectivity index (χ4n) is 2.97. The average Bonchev–Trinajstić information content (AvgIpc) is 2.99. The van der Waals surface area contributed by atoms with Gasteiger partial charge in [0, 0.05) is 35.7 Å². The van der Waals surface area contributed by atoms with E-state index >= 15 is 0 Å². The van der Waals surface area contributed by atoms with Gasteiger partial charge in [-0.1, -0.05) is 12.1 Å². The zero-order valence-corrected chi connectivity index (χ0v) is 14.2. The van der Waals surface area contributed by atoms with Crippen molar-refractivity contribution in [3.8, 4) is 11.1 Å². The van der Waals surface area contributed by atoms with Crippen LogP contribution in [0.2, 0.25) is 0 Å². The minimum atomic E-state index is 0.113. The van der Waals surface area contributed by atoms with Crippen molar-refractivity contribution in [1.29, 1.82) is 0 Å². The van der Waals surface area contributed by atoms with Crippen LogP contribution in [0.4, 0.5) is 0 Å². The quantitative estimate of drug-likeness (QED) is 0.720. The fraction of sp³-hybridized carbons (Fsp3) is 0.278. The lowest BCUT2D eigenvalue weighted by molar-refractivity contribution is 0.0306. The van der Waals surface area contributed by atoms with Gasteiger partial charge in [0.2, 0.25) is 0 Å². The summed E-state index contributed by atoms with van der Waals surface area (Å²) in [6.07, 6.45) is 5.12. The van der Waals surface area contributed by atoms with Crippen LogP contribution in [-0.4, -0.2) is 47.1 Å². The highest BCUT2D eigenvalue weighted by Crippen LogP contribution is 2.34. The second-order valence-corrected chi connectivity index (χ2v) is 6.85. The zero-order valence-electron chi connectivity index (χ0n) is 13.4. The second-order valence-electron chi connectivity index (χ2n) is 5.80. The maximum Gasteiger partial charge on any atom is 0.264 e. The van der Waals surface area contributed by atoms with Crippen molar-refractivity contribution in [2.75, 3.05) is 26.3 Å². The van der Waals surface area contributed by atoms with E-state index in [1.807, 2.05) is 11.8 Å². The molecule has 1 fully saturated rings. The van der Waals surface area contributed by atoms with E-state index in [1.165, 1.54) is 6.33 Å². The van der Waals surface area contributed by atoms with Crippen molar-refractivity contribution < 1.29 is 9.53 Å². The smallest absolute Gasteiger partial charge is 0.264 e. The molecule has 122 valence electrons. The van der Waals surface area contributed by atoms with Gasteiger partial charge in [0.15, 0.2) is 0 Å². The lowest BCUT2D eigenvalue weighted by atomic mass is 10.1. The number of carbonyl (C=O) groups excluding carboxylic acids is 1. The molecule has 0 unspecified atom stereocenters. The minimum Gasteiger partial charge on any atom is -0.378 e. The second kappa shape index (κ2) is 6.30. The minimum absolute atomic E-state index is 0.113. The molecule has 1 aliphatic rings. The van der Waals surface area contributed by atoms with Crippen LogP contribution in [0.3, 0.4) is 0 Å². The van der Waals surface area contributed by atoms with Gasteiger partial charge in [-0.3, -0.25) is 4.79 Å². The summed E-state index contributed by atoms with van der Waals surface area (Å²) >= 11 is 1.56. The van der Waals surface area contributed by atoms with E-state index < -0.39 is 0 Å². The lowest BCUT2D eigenvalue weighted by Gasteiger charge is -2.26. The number of amides is 1. The van der Waals surface area contributed by atoms with Gasteiger partial charge in [-0.15, -0.1) is 11.3 Å². The van der Waals surface area contributed by atoms with E-state index in [4.69, 9.17) is 4.74 Å². The molecule has 0 spiro atoms. The van der Waals surface area contributed by atoms with E-state index in [2.05, 4.69) is 28.2 Å². The molecule has 0 bridgehead atoms. The van der Waals surface area contributed by atoms with Crippen molar-refractivity contribution in [2.24, 2.45) is 0 Å². The van der Waals surface area contributed by atoms with Crippen LogP contribution in [0.5, 0.6) is 0 Å². The summed E-state index contributed by atoms with van der Waals surface area (Å²) in [4.78, 5) is 23.7. The number of thiophene rings is 1. The Morgan fingerprint density at radius 3 is 2.67 bits per heavy atom. The van der Waals surface area contributed by atoms with Crippen LogP contribution in [0.15, 0.2) is 36.9 Å². The molecule has 3 heterocycles. The van der Waals surface area contributed by atoms with Gasteiger partial charge in [0.1, 0.15) is 6.33 Å². The van der Waals surface area contributed by atoms with Gasteiger partial charge in [0.05, 0.1) is 18.1 Å². The molecule has 0 aliphatic carbocycles. The predicted molar refractivity (Wildman–Crippen MR) is 94.3 cm³/mol. The van der Waals surface area contributed by atoms with Crippen molar-refractivity contribution >= 4 is 27.3 Å². The third kappa shape index (κ3) is 2.68. The first-order valence-corrected chi connectivity index (χ1v) is 8.71. The summed E-state index contributed by atoms with van der Waals surface area (Å²) < 4.78 is 6.45. The largest absolute Gasteiger partial charge is 0.378 e. The Morgan fingerprint density at radius 2 is 1.92 bits per heavy atom. The molecule has 0 N–H and O–H groups in total. The van der Waals surface area contributed by atoms with E-state index in [1.54, 1.807) is 23.7 Å². The third-order valence-electron chi connectivity index (χ3n) is 4.32. The van der Waals surface area contributed by atoms with Crippen molar-refractivity contribution in [3.63, 3.8) is 0 Å². The molecule has 1 aromatic carbocycles. The van der Waals surface area contributed by atoms with Gasteiger partial charge in [-0.05, 0) is 29.5 Å². The number of carbonyl (C=O) groups is 1. The highest BCUT2D eigenvalue weighted by molar-refractivity contribution is 7.21. The molecule has 0 atom stereocenters. The lowest BCUT2D eigenvalue weighted by Crippen LogP contribution is -2.40. The Kier molecular flexibility index (Phi) is 4.00. The number of morpholine rings is 1. The number of aryl methyl sites for hydroxylation is 1. The van der Waals surface area contributed by atoms with Gasteiger partial charge in [0.25, 0.3) is 5.91 Å². The van der Waals surface area contributed by atoms with Gasteiger partial charge in [-0.2, -0.15) is 0 Å². The van der Waals surface area contributed by atoms with Crippen LogP contribution in [0, 0.1) is 6.92 Å². The normalized spacial score (nSPS) is 15.0. The molecule has 2 aromatic heterocycles. The number of fused-ring (bicyclic) bond motifs is 1. The highest BCUT2D eigenvalue weighted by atomic mass is 32.1. The Labute approximate surface area is 143 Å². The summed E-state index contributed by atoms with van der Waals surface area (Å²) in [5.41, 5.74) is 3.10. The van der Waals surface area contributed by atoms with Crippen molar-refractivity contribution in [3.05, 3.63) is 47.4 Å². The molecule has 1 aliphatic heterocycles. The molecule has 24 heavy (non-hydrogen) atoms. The SMILES string of the molecule is Cc1c(C(=O)N2CCOCC2)sc2cc(-c3cncnc3)ccc12. The number of rotatable bonds is 2. The monoisotopic (exact) mass is 339 g/mol. The Balaban J connectivity index is 1.73. The van der Waals surface area contributed by atoms with Crippen molar-refractivity contribution in [2.45, 2.75) is 6.92 Å². The number of benzene rings is 1. The first-order chi connectivity index (χ1) is 11.7. The molecular weight excluding hydrogens is 322 g/mol. The molecule has 0 radical (unpaired) electrons. The summed E-state index contributed by atoms with van der Waals surface area (Å²) in [5.74, 6) is 0.113. The molecule has 6 heteroatoms. The van der Waals surface area contributed by atoms with E-state index in [9.17, 15) is 4.79 Å². The van der Waals surface area contributed by atoms with Crippen molar-refractivity contribution in [1.82, 2.24) is 14.9 Å². The average molecular weight is 339 g/mol. The molecular formula is C18H17N3O2S. The number of hydrogen-bond donors (Lipinski definition) is 0. The van der Waals surface area contributed by atoms with E-state index in [0.717, 1.165) is 31.7 Å². The van der Waals surface area contributed by atoms with Crippen LogP contribution in [0.1, 0.15) is 15.2 Å². The first-order valence-electron chi connectivity index (χ1n) is 7.89. The highest BCUT2D eigenvalue weighted by Gasteiger charge is 2.23. The van der Waals surface area contributed by atoms with E-state index in [-0.39, 0.29) is 5.91 Å². The topological polar surface area (TPSA) is 55.3 Å². The molecule has 3 aromatic rings. The van der Waals surface area contributed by atoms with Gasteiger partial charge in [-0.25, -0.2) is 9.97 Å². The third-order valence-corrected chi connectivity index (χ3v) is 5.57. The first kappa shape index (κ1) is 15.2. The molecule has 1 saturated heterocycles. The van der Waals surface area contributed by atoms with Crippen LogP contribution < -0.4 is 0 Å². The molecule has 0 saturated carbocycles. The van der Waals surface area contributed by atoms with Gasteiger partial charge < -0.3 is 9.64 Å². The number of hydrogen-bond acceptors (Lipinski definition) is 5. The Morgan fingerprint density at radius 1 is 1.17 bits per heavy atom. The maximum absolute atomic E-state index is 12.8.